The highest BCUT2D eigenvalue weighted by Crippen LogP contribution is 2.38. The Bertz CT molecular complexity index is 365. The monoisotopic (exact) mass is 219 g/mol. The van der Waals surface area contributed by atoms with Gasteiger partial charge in [0.05, 0.1) is 12.0 Å². The molecule has 1 atom stereocenters. The Hall–Kier alpha value is -0.830. The zero-order chi connectivity index (χ0) is 11.0. The van der Waals surface area contributed by atoms with E-state index < -0.39 is 0 Å². The van der Waals surface area contributed by atoms with E-state index in [0.717, 1.165) is 25.4 Å². The van der Waals surface area contributed by atoms with Crippen LogP contribution in [0.25, 0.3) is 0 Å². The molecule has 2 aliphatic rings. The number of hydrogen-bond donors (Lipinski definition) is 1. The molecule has 0 radical (unpaired) electrons. The van der Waals surface area contributed by atoms with Crippen LogP contribution < -0.4 is 5.32 Å². The van der Waals surface area contributed by atoms with E-state index in [1.54, 1.807) is 0 Å². The van der Waals surface area contributed by atoms with Crippen molar-refractivity contribution in [2.24, 2.45) is 5.92 Å². The Morgan fingerprint density at radius 3 is 3.19 bits per heavy atom. The third-order valence-electron chi connectivity index (χ3n) is 3.98. The lowest BCUT2D eigenvalue weighted by molar-refractivity contribution is 0.412. The third kappa shape index (κ3) is 1.88. The highest BCUT2D eigenvalue weighted by molar-refractivity contribution is 5.17. The SMILES string of the molecule is CCC(CC1CC1)n1cnc2c1CCNC2. The van der Waals surface area contributed by atoms with Crippen molar-refractivity contribution in [3.63, 3.8) is 0 Å². The van der Waals surface area contributed by atoms with Crippen LogP contribution in [0.15, 0.2) is 6.33 Å². The molecule has 3 rings (SSSR count). The highest BCUT2D eigenvalue weighted by atomic mass is 15.1. The zero-order valence-electron chi connectivity index (χ0n) is 10.1. The van der Waals surface area contributed by atoms with E-state index in [0.29, 0.717) is 6.04 Å². The average Bonchev–Trinajstić information content (AvgIpc) is 3.04. The van der Waals surface area contributed by atoms with Crippen molar-refractivity contribution in [1.29, 1.82) is 0 Å². The zero-order valence-corrected chi connectivity index (χ0v) is 10.1. The van der Waals surface area contributed by atoms with Crippen LogP contribution in [0, 0.1) is 5.92 Å². The molecule has 0 bridgehead atoms. The maximum atomic E-state index is 4.55. The predicted molar refractivity (Wildman–Crippen MR) is 64.3 cm³/mol. The maximum absolute atomic E-state index is 4.55. The fourth-order valence-electron chi connectivity index (χ4n) is 2.79. The van der Waals surface area contributed by atoms with Gasteiger partial charge in [-0.05, 0) is 18.8 Å². The molecule has 1 aromatic heterocycles. The number of nitrogens with zero attached hydrogens (tertiary/aromatic N) is 2. The van der Waals surface area contributed by atoms with Gasteiger partial charge >= 0.3 is 0 Å². The number of aromatic nitrogens is 2. The average molecular weight is 219 g/mol. The van der Waals surface area contributed by atoms with Crippen LogP contribution in [-0.2, 0) is 13.0 Å². The number of nitrogens with one attached hydrogen (secondary N) is 1. The Morgan fingerprint density at radius 2 is 2.44 bits per heavy atom. The summed E-state index contributed by atoms with van der Waals surface area (Å²) in [7, 11) is 0. The van der Waals surface area contributed by atoms with Crippen LogP contribution >= 0.6 is 0 Å². The van der Waals surface area contributed by atoms with Crippen LogP contribution in [0.3, 0.4) is 0 Å². The lowest BCUT2D eigenvalue weighted by Crippen LogP contribution is -2.26. The van der Waals surface area contributed by atoms with Gasteiger partial charge in [0.2, 0.25) is 0 Å². The van der Waals surface area contributed by atoms with E-state index in [-0.39, 0.29) is 0 Å². The Balaban J connectivity index is 1.82. The molecule has 88 valence electrons. The summed E-state index contributed by atoms with van der Waals surface area (Å²) in [5.41, 5.74) is 2.77. The molecule has 1 N–H and O–H groups in total. The molecule has 1 aliphatic heterocycles. The van der Waals surface area contributed by atoms with E-state index in [9.17, 15) is 0 Å². The molecule has 16 heavy (non-hydrogen) atoms. The van der Waals surface area contributed by atoms with Gasteiger partial charge in [-0.15, -0.1) is 0 Å². The lowest BCUT2D eigenvalue weighted by atomic mass is 10.1. The number of imidazole rings is 1. The van der Waals surface area contributed by atoms with Gasteiger partial charge in [0, 0.05) is 31.2 Å². The van der Waals surface area contributed by atoms with E-state index in [2.05, 4.69) is 28.1 Å². The van der Waals surface area contributed by atoms with E-state index in [4.69, 9.17) is 0 Å². The molecule has 1 aromatic rings. The smallest absolute Gasteiger partial charge is 0.0954 e. The van der Waals surface area contributed by atoms with Crippen molar-refractivity contribution in [1.82, 2.24) is 14.9 Å². The van der Waals surface area contributed by atoms with Gasteiger partial charge in [0.15, 0.2) is 0 Å². The summed E-state index contributed by atoms with van der Waals surface area (Å²) < 4.78 is 2.47. The molecule has 3 heteroatoms. The van der Waals surface area contributed by atoms with Gasteiger partial charge in [0.25, 0.3) is 0 Å². The summed E-state index contributed by atoms with van der Waals surface area (Å²) in [6.45, 7) is 4.38. The molecule has 3 nitrogen and oxygen atoms in total. The summed E-state index contributed by atoms with van der Waals surface area (Å²) in [6, 6.07) is 0.696. The van der Waals surface area contributed by atoms with Gasteiger partial charge in [0.1, 0.15) is 0 Å². The molecule has 1 unspecified atom stereocenters. The second-order valence-electron chi connectivity index (χ2n) is 5.21. The Morgan fingerprint density at radius 1 is 1.56 bits per heavy atom. The summed E-state index contributed by atoms with van der Waals surface area (Å²) in [5, 5.41) is 3.39. The Labute approximate surface area is 97.3 Å². The van der Waals surface area contributed by atoms with Crippen molar-refractivity contribution < 1.29 is 0 Å². The second kappa shape index (κ2) is 4.21. The van der Waals surface area contributed by atoms with E-state index in [1.807, 2.05) is 0 Å². The molecule has 1 saturated carbocycles. The lowest BCUT2D eigenvalue weighted by Gasteiger charge is -2.22. The first-order valence-corrected chi connectivity index (χ1v) is 6.63. The van der Waals surface area contributed by atoms with Crippen LogP contribution in [-0.4, -0.2) is 16.1 Å². The second-order valence-corrected chi connectivity index (χ2v) is 5.21. The molecular weight excluding hydrogens is 198 g/mol. The molecular formula is C13H21N3. The Kier molecular flexibility index (Phi) is 2.72. The standard InChI is InChI=1S/C13H21N3/c1-2-11(7-10-3-4-10)16-9-15-12-8-14-6-5-13(12)16/h9-11,14H,2-8H2,1H3. The van der Waals surface area contributed by atoms with Crippen LogP contribution in [0.5, 0.6) is 0 Å². The van der Waals surface area contributed by atoms with Crippen molar-refractivity contribution in [3.8, 4) is 0 Å². The first-order chi connectivity index (χ1) is 7.88. The van der Waals surface area contributed by atoms with Gasteiger partial charge in [-0.2, -0.15) is 0 Å². The molecule has 0 saturated heterocycles. The summed E-state index contributed by atoms with van der Waals surface area (Å²) in [4.78, 5) is 4.55. The largest absolute Gasteiger partial charge is 0.331 e. The third-order valence-corrected chi connectivity index (χ3v) is 3.98. The van der Waals surface area contributed by atoms with Gasteiger partial charge in [-0.3, -0.25) is 0 Å². The first-order valence-electron chi connectivity index (χ1n) is 6.63. The summed E-state index contributed by atoms with van der Waals surface area (Å²) in [6.07, 6.45) is 8.74. The molecule has 2 heterocycles. The molecule has 1 aliphatic carbocycles. The first kappa shape index (κ1) is 10.3. The van der Waals surface area contributed by atoms with Crippen molar-refractivity contribution in [2.45, 2.75) is 51.6 Å². The molecule has 1 fully saturated rings. The number of hydrogen-bond acceptors (Lipinski definition) is 2. The molecule has 0 spiro atoms. The molecule has 0 aromatic carbocycles. The maximum Gasteiger partial charge on any atom is 0.0954 e. The van der Waals surface area contributed by atoms with Crippen molar-refractivity contribution in [3.05, 3.63) is 17.7 Å². The highest BCUT2D eigenvalue weighted by Gasteiger charge is 2.27. The number of fused-ring (bicyclic) bond motifs is 1. The minimum absolute atomic E-state index is 0.696. The molecule has 0 amide bonds. The van der Waals surface area contributed by atoms with E-state index >= 15 is 0 Å². The number of rotatable bonds is 4. The van der Waals surface area contributed by atoms with E-state index in [1.165, 1.54) is 37.1 Å². The normalized spacial score (nSPS) is 21.8. The van der Waals surface area contributed by atoms with Crippen molar-refractivity contribution >= 4 is 0 Å². The summed E-state index contributed by atoms with van der Waals surface area (Å²) >= 11 is 0. The topological polar surface area (TPSA) is 29.9 Å². The van der Waals surface area contributed by atoms with Gasteiger partial charge in [-0.1, -0.05) is 19.8 Å². The fraction of sp³-hybridized carbons (Fsp3) is 0.769. The minimum atomic E-state index is 0.696. The van der Waals surface area contributed by atoms with Crippen LogP contribution in [0.1, 0.15) is 50.0 Å². The quantitative estimate of drug-likeness (QED) is 0.842. The summed E-state index contributed by atoms with van der Waals surface area (Å²) in [5.74, 6) is 1.00. The van der Waals surface area contributed by atoms with Gasteiger partial charge in [-0.25, -0.2) is 4.98 Å². The minimum Gasteiger partial charge on any atom is -0.331 e. The predicted octanol–water partition coefficient (Wildman–Crippen LogP) is 2.28. The van der Waals surface area contributed by atoms with Crippen molar-refractivity contribution in [2.75, 3.05) is 6.54 Å². The van der Waals surface area contributed by atoms with Crippen LogP contribution in [0.4, 0.5) is 0 Å². The van der Waals surface area contributed by atoms with Gasteiger partial charge < -0.3 is 9.88 Å². The fourth-order valence-corrected chi connectivity index (χ4v) is 2.79. The van der Waals surface area contributed by atoms with Crippen LogP contribution in [0.2, 0.25) is 0 Å².